The van der Waals surface area contributed by atoms with E-state index in [2.05, 4.69) is 74.6 Å². The van der Waals surface area contributed by atoms with Crippen LogP contribution >= 0.6 is 0 Å². The summed E-state index contributed by atoms with van der Waals surface area (Å²) in [7, 11) is 0. The molecule has 4 aliphatic carbocycles. The van der Waals surface area contributed by atoms with Crippen LogP contribution in [0.5, 0.6) is 0 Å². The van der Waals surface area contributed by atoms with Gasteiger partial charge in [-0.15, -0.1) is 0 Å². The molecule has 0 aromatic carbocycles. The summed E-state index contributed by atoms with van der Waals surface area (Å²) in [6.45, 7) is 4.90. The lowest BCUT2D eigenvalue weighted by Gasteiger charge is -2.58. The van der Waals surface area contributed by atoms with E-state index >= 15 is 0 Å². The van der Waals surface area contributed by atoms with Crippen LogP contribution < -0.4 is 0 Å². The van der Waals surface area contributed by atoms with Crippen LogP contribution in [0.1, 0.15) is 13.8 Å². The number of hydrogen-bond donors (Lipinski definition) is 0. The monoisotopic (exact) mass is 364 g/mol. The third kappa shape index (κ3) is 1.24. The van der Waals surface area contributed by atoms with Crippen LogP contribution in [0.4, 0.5) is 0 Å². The molecular formula is C26H20O2. The number of hydrogen-bond acceptors (Lipinski definition) is 2. The van der Waals surface area contributed by atoms with Gasteiger partial charge in [-0.05, 0) is 44.6 Å². The van der Waals surface area contributed by atoms with E-state index < -0.39 is 0 Å². The molecule has 28 heavy (non-hydrogen) atoms. The second kappa shape index (κ2) is 4.12. The number of ether oxygens (including phenoxy) is 2. The molecule has 0 aromatic heterocycles. The van der Waals surface area contributed by atoms with Gasteiger partial charge in [0.25, 0.3) is 0 Å². The highest BCUT2D eigenvalue weighted by molar-refractivity contribution is 5.76. The Morgan fingerprint density at radius 1 is 0.714 bits per heavy atom. The van der Waals surface area contributed by atoms with Gasteiger partial charge >= 0.3 is 0 Å². The minimum Gasteiger partial charge on any atom is -0.357 e. The summed E-state index contributed by atoms with van der Waals surface area (Å²) in [6.07, 6.45) is 23.7. The van der Waals surface area contributed by atoms with Gasteiger partial charge in [0.15, 0.2) is 0 Å². The molecule has 1 fully saturated rings. The zero-order valence-corrected chi connectivity index (χ0v) is 15.9. The number of fused-ring (bicyclic) bond motifs is 10. The Morgan fingerprint density at radius 3 is 2.36 bits per heavy atom. The van der Waals surface area contributed by atoms with Gasteiger partial charge in [0.1, 0.15) is 24.4 Å². The quantitative estimate of drug-likeness (QED) is 0.586. The molecule has 2 nitrogen and oxygen atoms in total. The highest BCUT2D eigenvalue weighted by Gasteiger charge is 2.61. The predicted octanol–water partition coefficient (Wildman–Crippen LogP) is 4.58. The van der Waals surface area contributed by atoms with Gasteiger partial charge in [-0.2, -0.15) is 0 Å². The molecular weight excluding hydrogens is 344 g/mol. The molecule has 0 radical (unpaired) electrons. The fraction of sp³-hybridized carbons (Fsp3) is 0.308. The molecule has 2 heteroatoms. The first-order valence-corrected chi connectivity index (χ1v) is 10.3. The van der Waals surface area contributed by atoms with Gasteiger partial charge in [-0.1, -0.05) is 74.6 Å². The normalized spacial score (nSPS) is 47.1. The van der Waals surface area contributed by atoms with E-state index in [0.717, 1.165) is 0 Å². The minimum atomic E-state index is -0.0811. The van der Waals surface area contributed by atoms with Gasteiger partial charge in [-0.3, -0.25) is 0 Å². The Hall–Kier alpha value is -2.42. The minimum absolute atomic E-state index is 0.0811. The molecule has 1 saturated heterocycles. The van der Waals surface area contributed by atoms with Gasteiger partial charge in [0.2, 0.25) is 0 Å². The van der Waals surface area contributed by atoms with Crippen molar-refractivity contribution in [3.05, 3.63) is 105 Å². The van der Waals surface area contributed by atoms with Crippen LogP contribution in [0.3, 0.4) is 0 Å². The maximum absolute atomic E-state index is 6.23. The van der Waals surface area contributed by atoms with Crippen molar-refractivity contribution in [2.75, 3.05) is 0 Å². The molecule has 4 aliphatic heterocycles. The molecule has 8 aliphatic rings. The summed E-state index contributed by atoms with van der Waals surface area (Å²) < 4.78 is 12.5. The van der Waals surface area contributed by atoms with Crippen LogP contribution in [-0.4, -0.2) is 24.4 Å². The maximum atomic E-state index is 6.23. The molecule has 4 heterocycles. The molecule has 0 saturated carbocycles. The van der Waals surface area contributed by atoms with E-state index in [-0.39, 0.29) is 35.2 Å². The third-order valence-corrected chi connectivity index (χ3v) is 8.61. The van der Waals surface area contributed by atoms with Crippen LogP contribution in [0.15, 0.2) is 105 Å². The third-order valence-electron chi connectivity index (χ3n) is 8.61. The summed E-state index contributed by atoms with van der Waals surface area (Å²) in [4.78, 5) is 0. The topological polar surface area (TPSA) is 18.5 Å². The molecule has 4 bridgehead atoms. The Morgan fingerprint density at radius 2 is 1.46 bits per heavy atom. The first-order valence-electron chi connectivity index (χ1n) is 10.3. The van der Waals surface area contributed by atoms with Gasteiger partial charge in [-0.25, -0.2) is 0 Å². The maximum Gasteiger partial charge on any atom is 0.103 e. The van der Waals surface area contributed by atoms with E-state index in [1.165, 1.54) is 44.6 Å². The summed E-state index contributed by atoms with van der Waals surface area (Å²) in [5, 5.41) is 0. The van der Waals surface area contributed by atoms with Crippen molar-refractivity contribution in [1.82, 2.24) is 0 Å². The van der Waals surface area contributed by atoms with Crippen molar-refractivity contribution < 1.29 is 9.47 Å². The molecule has 6 atom stereocenters. The van der Waals surface area contributed by atoms with Gasteiger partial charge in [0, 0.05) is 10.8 Å². The van der Waals surface area contributed by atoms with Crippen molar-refractivity contribution in [3.63, 3.8) is 0 Å². The number of rotatable bonds is 0. The molecule has 0 N–H and O–H groups in total. The summed E-state index contributed by atoms with van der Waals surface area (Å²) >= 11 is 0. The predicted molar refractivity (Wildman–Crippen MR) is 107 cm³/mol. The first kappa shape index (κ1) is 14.6. The lowest BCUT2D eigenvalue weighted by atomic mass is 9.44. The van der Waals surface area contributed by atoms with E-state index in [4.69, 9.17) is 9.47 Å². The Balaban J connectivity index is 1.48. The largest absolute Gasteiger partial charge is 0.357 e. The smallest absolute Gasteiger partial charge is 0.103 e. The van der Waals surface area contributed by atoms with Crippen molar-refractivity contribution >= 4 is 0 Å². The molecule has 0 spiro atoms. The Kier molecular flexibility index (Phi) is 2.14. The van der Waals surface area contributed by atoms with Crippen molar-refractivity contribution in [2.24, 2.45) is 10.8 Å². The van der Waals surface area contributed by atoms with Crippen molar-refractivity contribution in [3.8, 4) is 0 Å². The molecule has 8 rings (SSSR count). The summed E-state index contributed by atoms with van der Waals surface area (Å²) in [6, 6.07) is 0. The fourth-order valence-electron chi connectivity index (χ4n) is 7.03. The molecule has 0 aromatic rings. The second-order valence-electron chi connectivity index (χ2n) is 9.41. The lowest BCUT2D eigenvalue weighted by molar-refractivity contribution is 0.128. The standard InChI is InChI=1S/C26H20O2/c1-25-13-3-6-18-24-16(20-8-10-22(24)28-20)12-14(26(18,25)2)4-5-17(25)23-15(11-13)19-7-9-21(23)27-19/h3-12,19-22H,1-2H3/t19-,20-,21+,22+,25-,26+/m1/s1. The lowest BCUT2D eigenvalue weighted by Crippen LogP contribution is -2.49. The Bertz CT molecular complexity index is 1210. The van der Waals surface area contributed by atoms with Crippen molar-refractivity contribution in [2.45, 2.75) is 38.3 Å². The van der Waals surface area contributed by atoms with Gasteiger partial charge < -0.3 is 9.47 Å². The van der Waals surface area contributed by atoms with Crippen molar-refractivity contribution in [1.29, 1.82) is 0 Å². The molecule has 0 amide bonds. The fourth-order valence-corrected chi connectivity index (χ4v) is 7.03. The Labute approximate surface area is 164 Å². The molecule has 0 unspecified atom stereocenters. The first-order chi connectivity index (χ1) is 13.6. The second-order valence-corrected chi connectivity index (χ2v) is 9.41. The SMILES string of the molecule is C[C@]12C3=CC4=C(C1=CC=C1C=C5C(=C(C=C3)[C@@]12C)[C@@H]1C=C[C@H]5O1)[C@@H]1C=C[C@H]4O1. The van der Waals surface area contributed by atoms with E-state index in [9.17, 15) is 0 Å². The van der Waals surface area contributed by atoms with Crippen LogP contribution in [0.2, 0.25) is 0 Å². The highest BCUT2D eigenvalue weighted by atomic mass is 16.5. The van der Waals surface area contributed by atoms with E-state index in [1.807, 2.05) is 0 Å². The number of allylic oxidation sites excluding steroid dienone is 8. The zero-order chi connectivity index (χ0) is 18.4. The van der Waals surface area contributed by atoms with Gasteiger partial charge in [0.05, 0.1) is 0 Å². The zero-order valence-electron chi connectivity index (χ0n) is 15.9. The van der Waals surface area contributed by atoms with Crippen LogP contribution in [0, 0.1) is 10.8 Å². The summed E-state index contributed by atoms with van der Waals surface area (Å²) in [5.41, 5.74) is 11.1. The summed E-state index contributed by atoms with van der Waals surface area (Å²) in [5.74, 6) is 0. The highest BCUT2D eigenvalue weighted by Crippen LogP contribution is 2.69. The van der Waals surface area contributed by atoms with E-state index in [0.29, 0.717) is 0 Å². The van der Waals surface area contributed by atoms with Crippen LogP contribution in [-0.2, 0) is 9.47 Å². The van der Waals surface area contributed by atoms with Crippen LogP contribution in [0.25, 0.3) is 0 Å². The van der Waals surface area contributed by atoms with E-state index in [1.54, 1.807) is 0 Å². The average Bonchev–Trinajstić information content (AvgIpc) is 3.46. The average molecular weight is 364 g/mol. The molecule has 136 valence electrons.